The van der Waals surface area contributed by atoms with Crippen molar-refractivity contribution in [3.63, 3.8) is 0 Å². The van der Waals surface area contributed by atoms with Gasteiger partial charge in [0.15, 0.2) is 11.0 Å². The highest BCUT2D eigenvalue weighted by molar-refractivity contribution is 7.14. The summed E-state index contributed by atoms with van der Waals surface area (Å²) in [6.07, 6.45) is 3.34. The number of fused-ring (bicyclic) bond motifs is 1. The molecule has 9 heteroatoms. The molecule has 0 spiro atoms. The molecule has 3 heterocycles. The molecule has 0 saturated heterocycles. The third-order valence-electron chi connectivity index (χ3n) is 5.19. The minimum atomic E-state index is -0.365. The van der Waals surface area contributed by atoms with Crippen molar-refractivity contribution in [3.05, 3.63) is 94.8 Å². The maximum Gasteiger partial charge on any atom is 0.261 e. The van der Waals surface area contributed by atoms with Crippen LogP contribution >= 0.6 is 11.3 Å². The van der Waals surface area contributed by atoms with Crippen molar-refractivity contribution in [3.8, 4) is 11.4 Å². The van der Waals surface area contributed by atoms with E-state index in [4.69, 9.17) is 0 Å². The molecule has 0 radical (unpaired) electrons. The van der Waals surface area contributed by atoms with E-state index in [0.29, 0.717) is 39.8 Å². The highest BCUT2D eigenvalue weighted by Crippen LogP contribution is 2.23. The fourth-order valence-corrected chi connectivity index (χ4v) is 4.24. The molecule has 4 aromatic rings. The van der Waals surface area contributed by atoms with E-state index >= 15 is 0 Å². The van der Waals surface area contributed by atoms with Crippen molar-refractivity contribution in [2.45, 2.75) is 6.42 Å². The Morgan fingerprint density at radius 3 is 2.21 bits per heavy atom. The first-order valence-electron chi connectivity index (χ1n) is 10.2. The zero-order chi connectivity index (χ0) is 22.8. The summed E-state index contributed by atoms with van der Waals surface area (Å²) < 4.78 is 0. The molecule has 1 aliphatic heterocycles. The minimum Gasteiger partial charge on any atom is -0.298 e. The van der Waals surface area contributed by atoms with Crippen LogP contribution in [0.1, 0.15) is 36.8 Å². The number of anilines is 1. The zero-order valence-electron chi connectivity index (χ0n) is 17.3. The molecule has 2 aromatic carbocycles. The van der Waals surface area contributed by atoms with Crippen molar-refractivity contribution in [2.75, 3.05) is 11.9 Å². The lowest BCUT2D eigenvalue weighted by atomic mass is 10.1. The second-order valence-corrected chi connectivity index (χ2v) is 8.18. The van der Waals surface area contributed by atoms with E-state index in [1.165, 1.54) is 28.6 Å². The molecule has 1 aliphatic rings. The SMILES string of the molecule is O=C(Nc1nc(CCN2C(=O)c3ccccc3C2=O)cs1)c1cnc(-c2ccccc2)nc1. The van der Waals surface area contributed by atoms with Gasteiger partial charge in [-0.1, -0.05) is 42.5 Å². The number of benzene rings is 2. The van der Waals surface area contributed by atoms with Gasteiger partial charge in [-0.25, -0.2) is 15.0 Å². The van der Waals surface area contributed by atoms with E-state index in [0.717, 1.165) is 5.56 Å². The molecule has 33 heavy (non-hydrogen) atoms. The van der Waals surface area contributed by atoms with Crippen molar-refractivity contribution in [1.29, 1.82) is 0 Å². The smallest absolute Gasteiger partial charge is 0.261 e. The number of amides is 3. The summed E-state index contributed by atoms with van der Waals surface area (Å²) in [5.74, 6) is -0.413. The monoisotopic (exact) mass is 455 g/mol. The molecule has 0 atom stereocenters. The van der Waals surface area contributed by atoms with Crippen molar-refractivity contribution < 1.29 is 14.4 Å². The Hall–Kier alpha value is -4.24. The molecule has 0 fully saturated rings. The predicted molar refractivity (Wildman–Crippen MR) is 123 cm³/mol. The number of rotatable bonds is 6. The van der Waals surface area contributed by atoms with Gasteiger partial charge in [-0.2, -0.15) is 0 Å². The molecule has 3 amide bonds. The molecular weight excluding hydrogens is 438 g/mol. The summed E-state index contributed by atoms with van der Waals surface area (Å²) >= 11 is 1.27. The maximum absolute atomic E-state index is 12.5. The fourth-order valence-electron chi connectivity index (χ4n) is 3.50. The van der Waals surface area contributed by atoms with Crippen LogP contribution in [-0.4, -0.2) is 44.1 Å². The van der Waals surface area contributed by atoms with Crippen LogP contribution in [0.4, 0.5) is 5.13 Å². The van der Waals surface area contributed by atoms with Gasteiger partial charge in [0, 0.05) is 36.3 Å². The van der Waals surface area contributed by atoms with Crippen molar-refractivity contribution in [2.24, 2.45) is 0 Å². The Balaban J connectivity index is 1.20. The Labute approximate surface area is 193 Å². The first kappa shape index (κ1) is 20.7. The lowest BCUT2D eigenvalue weighted by molar-refractivity contribution is 0.0655. The minimum absolute atomic E-state index is 0.220. The summed E-state index contributed by atoms with van der Waals surface area (Å²) in [7, 11) is 0. The average molecular weight is 455 g/mol. The molecule has 2 aromatic heterocycles. The summed E-state index contributed by atoms with van der Waals surface area (Å²) in [5.41, 5.74) is 2.72. The molecular formula is C24H17N5O3S. The second-order valence-electron chi connectivity index (χ2n) is 7.32. The van der Waals surface area contributed by atoms with Gasteiger partial charge in [0.2, 0.25) is 0 Å². The molecule has 0 saturated carbocycles. The standard InChI is InChI=1S/C24H17N5O3S/c30-21(16-12-25-20(26-13-16)15-6-2-1-3-7-15)28-24-27-17(14-33-24)10-11-29-22(31)18-8-4-5-9-19(18)23(29)32/h1-9,12-14H,10-11H2,(H,27,28,30). The van der Waals surface area contributed by atoms with Gasteiger partial charge in [0.25, 0.3) is 17.7 Å². The summed E-state index contributed by atoms with van der Waals surface area (Å²) in [6.45, 7) is 0.220. The Kier molecular flexibility index (Phi) is 5.45. The predicted octanol–water partition coefficient (Wildman–Crippen LogP) is 3.69. The Morgan fingerprint density at radius 1 is 0.909 bits per heavy atom. The number of hydrogen-bond donors (Lipinski definition) is 1. The van der Waals surface area contributed by atoms with E-state index in [1.807, 2.05) is 30.3 Å². The third-order valence-corrected chi connectivity index (χ3v) is 5.99. The Bertz CT molecular complexity index is 1320. The first-order valence-corrected chi connectivity index (χ1v) is 11.1. The number of nitrogens with zero attached hydrogens (tertiary/aromatic N) is 4. The van der Waals surface area contributed by atoms with Crippen LogP contribution in [0, 0.1) is 0 Å². The van der Waals surface area contributed by atoms with Crippen molar-refractivity contribution in [1.82, 2.24) is 19.9 Å². The van der Waals surface area contributed by atoms with E-state index in [9.17, 15) is 14.4 Å². The van der Waals surface area contributed by atoms with Crippen LogP contribution < -0.4 is 5.32 Å². The first-order chi connectivity index (χ1) is 16.1. The molecule has 0 aliphatic carbocycles. The van der Waals surface area contributed by atoms with Gasteiger partial charge in [-0.05, 0) is 12.1 Å². The summed E-state index contributed by atoms with van der Waals surface area (Å²) in [5, 5.41) is 4.95. The normalized spacial score (nSPS) is 12.7. The lowest BCUT2D eigenvalue weighted by Gasteiger charge is -2.12. The Morgan fingerprint density at radius 2 is 1.55 bits per heavy atom. The van der Waals surface area contributed by atoms with E-state index in [-0.39, 0.29) is 24.3 Å². The van der Waals surface area contributed by atoms with E-state index in [2.05, 4.69) is 20.3 Å². The number of carbonyl (C=O) groups is 3. The topological polar surface area (TPSA) is 105 Å². The van der Waals surface area contributed by atoms with E-state index < -0.39 is 0 Å². The van der Waals surface area contributed by atoms with Gasteiger partial charge < -0.3 is 0 Å². The van der Waals surface area contributed by atoms with Crippen LogP contribution in [-0.2, 0) is 6.42 Å². The second kappa shape index (κ2) is 8.71. The number of carbonyl (C=O) groups excluding carboxylic acids is 3. The number of imide groups is 1. The van der Waals surface area contributed by atoms with Gasteiger partial charge in [-0.3, -0.25) is 24.6 Å². The molecule has 5 rings (SSSR count). The molecule has 162 valence electrons. The van der Waals surface area contributed by atoms with Gasteiger partial charge in [0.05, 0.1) is 22.4 Å². The fraction of sp³-hybridized carbons (Fsp3) is 0.0833. The quantitative estimate of drug-likeness (QED) is 0.445. The zero-order valence-corrected chi connectivity index (χ0v) is 18.1. The van der Waals surface area contributed by atoms with Crippen LogP contribution in [0.25, 0.3) is 11.4 Å². The van der Waals surface area contributed by atoms with Crippen LogP contribution in [0.2, 0.25) is 0 Å². The summed E-state index contributed by atoms with van der Waals surface area (Å²) in [6, 6.07) is 16.3. The van der Waals surface area contributed by atoms with Crippen LogP contribution in [0.3, 0.4) is 0 Å². The summed E-state index contributed by atoms with van der Waals surface area (Å²) in [4.78, 5) is 51.6. The number of nitrogens with one attached hydrogen (secondary N) is 1. The molecule has 0 bridgehead atoms. The number of aromatic nitrogens is 3. The number of thiazole rings is 1. The lowest BCUT2D eigenvalue weighted by Crippen LogP contribution is -2.31. The van der Waals surface area contributed by atoms with Gasteiger partial charge in [-0.15, -0.1) is 11.3 Å². The highest BCUT2D eigenvalue weighted by atomic mass is 32.1. The number of hydrogen-bond acceptors (Lipinski definition) is 7. The van der Waals surface area contributed by atoms with E-state index in [1.54, 1.807) is 29.6 Å². The molecule has 8 nitrogen and oxygen atoms in total. The maximum atomic E-state index is 12.5. The largest absolute Gasteiger partial charge is 0.298 e. The van der Waals surface area contributed by atoms with Crippen molar-refractivity contribution >= 4 is 34.2 Å². The molecule has 1 N–H and O–H groups in total. The average Bonchev–Trinajstić information content (AvgIpc) is 3.40. The third kappa shape index (κ3) is 4.13. The van der Waals surface area contributed by atoms with Gasteiger partial charge >= 0.3 is 0 Å². The highest BCUT2D eigenvalue weighted by Gasteiger charge is 2.34. The van der Waals surface area contributed by atoms with Crippen LogP contribution in [0.15, 0.2) is 72.4 Å². The molecule has 0 unspecified atom stereocenters. The van der Waals surface area contributed by atoms with Gasteiger partial charge in [0.1, 0.15) is 0 Å². The van der Waals surface area contributed by atoms with Crippen LogP contribution in [0.5, 0.6) is 0 Å².